The van der Waals surface area contributed by atoms with Crippen molar-refractivity contribution in [2.75, 3.05) is 7.11 Å². The molecule has 0 aromatic heterocycles. The van der Waals surface area contributed by atoms with Gasteiger partial charge in [0.05, 0.1) is 18.2 Å². The molecule has 0 aliphatic rings. The molecule has 0 bridgehead atoms. The van der Waals surface area contributed by atoms with Gasteiger partial charge in [-0.2, -0.15) is 13.2 Å². The van der Waals surface area contributed by atoms with Crippen LogP contribution in [-0.4, -0.2) is 13.1 Å². The minimum absolute atomic E-state index is 0.0859. The van der Waals surface area contributed by atoms with E-state index in [9.17, 15) is 18.0 Å². The number of rotatable bonds is 1. The summed E-state index contributed by atoms with van der Waals surface area (Å²) in [5.41, 5.74) is -0.963. The topological polar surface area (TPSA) is 26.3 Å². The Kier molecular flexibility index (Phi) is 3.74. The van der Waals surface area contributed by atoms with Gasteiger partial charge in [-0.05, 0) is 29.2 Å². The highest BCUT2D eigenvalue weighted by Gasteiger charge is 2.33. The highest BCUT2D eigenvalue weighted by molar-refractivity contribution is 5.89. The Hall–Kier alpha value is -1.52. The smallest absolute Gasteiger partial charge is 0.416 e. The van der Waals surface area contributed by atoms with Crippen molar-refractivity contribution in [1.29, 1.82) is 0 Å². The van der Waals surface area contributed by atoms with Crippen molar-refractivity contribution < 1.29 is 22.7 Å². The van der Waals surface area contributed by atoms with Gasteiger partial charge in [0, 0.05) is 0 Å². The van der Waals surface area contributed by atoms with Gasteiger partial charge in [-0.3, -0.25) is 0 Å². The van der Waals surface area contributed by atoms with E-state index in [-0.39, 0.29) is 5.56 Å². The number of halogens is 3. The molecule has 0 saturated carbocycles. The van der Waals surface area contributed by atoms with E-state index < -0.39 is 23.1 Å². The summed E-state index contributed by atoms with van der Waals surface area (Å²) in [5, 5.41) is 0. The van der Waals surface area contributed by atoms with Crippen LogP contribution in [0.15, 0.2) is 18.2 Å². The lowest BCUT2D eigenvalue weighted by molar-refractivity contribution is -0.137. The van der Waals surface area contributed by atoms with Gasteiger partial charge in [-0.15, -0.1) is 0 Å². The first-order valence-electron chi connectivity index (χ1n) is 5.37. The summed E-state index contributed by atoms with van der Waals surface area (Å²) in [6.45, 7) is 5.34. The van der Waals surface area contributed by atoms with E-state index in [2.05, 4.69) is 4.74 Å². The van der Waals surface area contributed by atoms with Crippen molar-refractivity contribution in [3.63, 3.8) is 0 Å². The minimum atomic E-state index is -4.48. The van der Waals surface area contributed by atoms with Crippen molar-refractivity contribution in [1.82, 2.24) is 0 Å². The molecule has 0 aliphatic heterocycles. The second-order valence-electron chi connectivity index (χ2n) is 5.04. The zero-order valence-electron chi connectivity index (χ0n) is 10.7. The van der Waals surface area contributed by atoms with Crippen LogP contribution in [0.4, 0.5) is 13.2 Å². The maximum atomic E-state index is 12.8. The molecular formula is C13H15F3O2. The predicted octanol–water partition coefficient (Wildman–Crippen LogP) is 3.79. The Labute approximate surface area is 104 Å². The number of ether oxygens (including phenoxy) is 1. The number of carbonyl (C=O) groups is 1. The molecule has 1 aromatic rings. The number of alkyl halides is 3. The molecule has 100 valence electrons. The van der Waals surface area contributed by atoms with Crippen LogP contribution in [0.2, 0.25) is 0 Å². The summed E-state index contributed by atoms with van der Waals surface area (Å²) < 4.78 is 42.7. The van der Waals surface area contributed by atoms with Crippen LogP contribution in [0, 0.1) is 0 Å². The first kappa shape index (κ1) is 14.5. The highest BCUT2D eigenvalue weighted by atomic mass is 19.4. The van der Waals surface area contributed by atoms with Crippen molar-refractivity contribution in [3.8, 4) is 0 Å². The number of benzene rings is 1. The van der Waals surface area contributed by atoms with Crippen LogP contribution < -0.4 is 0 Å². The van der Waals surface area contributed by atoms with Gasteiger partial charge < -0.3 is 4.74 Å². The minimum Gasteiger partial charge on any atom is -0.465 e. The third-order valence-electron chi connectivity index (χ3n) is 2.55. The fourth-order valence-electron chi connectivity index (χ4n) is 1.46. The van der Waals surface area contributed by atoms with E-state index in [0.717, 1.165) is 19.2 Å². The molecule has 0 amide bonds. The van der Waals surface area contributed by atoms with Crippen molar-refractivity contribution in [2.45, 2.75) is 32.4 Å². The quantitative estimate of drug-likeness (QED) is 0.718. The molecule has 0 unspecified atom stereocenters. The number of hydrogen-bond acceptors (Lipinski definition) is 2. The summed E-state index contributed by atoms with van der Waals surface area (Å²) in [4.78, 5) is 11.4. The Bertz CT molecular complexity index is 424. The molecular weight excluding hydrogens is 245 g/mol. The molecule has 0 radical (unpaired) electrons. The molecule has 0 heterocycles. The van der Waals surface area contributed by atoms with E-state index in [0.29, 0.717) is 5.56 Å². The molecule has 0 saturated heterocycles. The van der Waals surface area contributed by atoms with Gasteiger partial charge in [0.15, 0.2) is 0 Å². The van der Waals surface area contributed by atoms with Crippen LogP contribution in [0.5, 0.6) is 0 Å². The maximum Gasteiger partial charge on any atom is 0.416 e. The lowest BCUT2D eigenvalue weighted by Crippen LogP contribution is -2.16. The van der Waals surface area contributed by atoms with Crippen molar-refractivity contribution >= 4 is 5.97 Å². The fourth-order valence-corrected chi connectivity index (χ4v) is 1.46. The first-order chi connectivity index (χ1) is 8.05. The van der Waals surface area contributed by atoms with E-state index in [1.54, 1.807) is 20.8 Å². The van der Waals surface area contributed by atoms with E-state index >= 15 is 0 Å². The summed E-state index contributed by atoms with van der Waals surface area (Å²) in [7, 11) is 1.14. The number of methoxy groups -OCH3 is 1. The van der Waals surface area contributed by atoms with Crippen LogP contribution in [0.25, 0.3) is 0 Å². The number of esters is 1. The fraction of sp³-hybridized carbons (Fsp3) is 0.462. The third kappa shape index (κ3) is 3.24. The Morgan fingerprint density at radius 1 is 1.06 bits per heavy atom. The highest BCUT2D eigenvalue weighted by Crippen LogP contribution is 2.34. The van der Waals surface area contributed by atoms with Crippen LogP contribution in [0.3, 0.4) is 0 Å². The Morgan fingerprint density at radius 3 is 1.94 bits per heavy atom. The lowest BCUT2D eigenvalue weighted by Gasteiger charge is -2.21. The number of hydrogen-bond donors (Lipinski definition) is 0. The van der Waals surface area contributed by atoms with E-state index in [1.807, 2.05) is 0 Å². The standard InChI is InChI=1S/C13H15F3O2/c1-12(2,3)9-5-8(11(17)18-4)6-10(7-9)13(14,15)16/h5-7H,1-4H3. The molecule has 1 rings (SSSR count). The number of carbonyl (C=O) groups excluding carboxylic acids is 1. The SMILES string of the molecule is COC(=O)c1cc(C(C)(C)C)cc(C(F)(F)F)c1. The molecule has 18 heavy (non-hydrogen) atoms. The average Bonchev–Trinajstić information content (AvgIpc) is 2.25. The summed E-state index contributed by atoms with van der Waals surface area (Å²) in [6.07, 6.45) is -4.48. The molecule has 0 fully saturated rings. The molecule has 2 nitrogen and oxygen atoms in total. The van der Waals surface area contributed by atoms with Gasteiger partial charge in [-0.1, -0.05) is 20.8 Å². The summed E-state index contributed by atoms with van der Waals surface area (Å²) in [5.74, 6) is -0.772. The lowest BCUT2D eigenvalue weighted by atomic mass is 9.85. The molecule has 0 atom stereocenters. The van der Waals surface area contributed by atoms with E-state index in [1.165, 1.54) is 6.07 Å². The first-order valence-corrected chi connectivity index (χ1v) is 5.37. The van der Waals surface area contributed by atoms with Crippen LogP contribution in [-0.2, 0) is 16.3 Å². The van der Waals surface area contributed by atoms with Crippen molar-refractivity contribution in [3.05, 3.63) is 34.9 Å². The Balaban J connectivity index is 3.44. The average molecular weight is 260 g/mol. The van der Waals surface area contributed by atoms with Gasteiger partial charge in [0.25, 0.3) is 0 Å². The maximum absolute atomic E-state index is 12.8. The summed E-state index contributed by atoms with van der Waals surface area (Å²) in [6, 6.07) is 3.30. The van der Waals surface area contributed by atoms with Gasteiger partial charge >= 0.3 is 12.1 Å². The zero-order chi connectivity index (χ0) is 14.1. The monoisotopic (exact) mass is 260 g/mol. The van der Waals surface area contributed by atoms with Gasteiger partial charge in [-0.25, -0.2) is 4.79 Å². The molecule has 0 spiro atoms. The Morgan fingerprint density at radius 2 is 1.56 bits per heavy atom. The second kappa shape index (κ2) is 4.63. The van der Waals surface area contributed by atoms with Crippen LogP contribution >= 0.6 is 0 Å². The van der Waals surface area contributed by atoms with Gasteiger partial charge in [0.2, 0.25) is 0 Å². The summed E-state index contributed by atoms with van der Waals surface area (Å²) >= 11 is 0. The van der Waals surface area contributed by atoms with Crippen LogP contribution in [0.1, 0.15) is 42.3 Å². The molecule has 0 N–H and O–H groups in total. The molecule has 0 aliphatic carbocycles. The zero-order valence-corrected chi connectivity index (χ0v) is 10.7. The largest absolute Gasteiger partial charge is 0.465 e. The normalized spacial score (nSPS) is 12.4. The van der Waals surface area contributed by atoms with Gasteiger partial charge in [0.1, 0.15) is 0 Å². The molecule has 5 heteroatoms. The second-order valence-corrected chi connectivity index (χ2v) is 5.04. The van der Waals surface area contributed by atoms with Crippen molar-refractivity contribution in [2.24, 2.45) is 0 Å². The molecule has 1 aromatic carbocycles. The van der Waals surface area contributed by atoms with E-state index in [4.69, 9.17) is 0 Å². The third-order valence-corrected chi connectivity index (χ3v) is 2.55. The predicted molar refractivity (Wildman–Crippen MR) is 61.5 cm³/mol.